The minimum Gasteiger partial charge on any atom is -0.494 e. The van der Waals surface area contributed by atoms with Gasteiger partial charge in [-0.05, 0) is 44.0 Å². The van der Waals surface area contributed by atoms with E-state index >= 15 is 0 Å². The number of hydrogen-bond donors (Lipinski definition) is 0. The van der Waals surface area contributed by atoms with Crippen molar-refractivity contribution in [1.82, 2.24) is 0 Å². The molecule has 1 N–H and O–H groups in total. The van der Waals surface area contributed by atoms with Crippen LogP contribution < -0.4 is 14.6 Å². The molecule has 6 heteroatoms. The number of rotatable bonds is 5. The molecule has 1 saturated heterocycles. The molecule has 0 saturated carbocycles. The van der Waals surface area contributed by atoms with E-state index in [0.717, 1.165) is 48.3 Å². The molecular formula is C23H27N2O3S+. The summed E-state index contributed by atoms with van der Waals surface area (Å²) in [6.45, 7) is 4.23. The minimum atomic E-state index is -3.66. The van der Waals surface area contributed by atoms with Gasteiger partial charge in [0.15, 0.2) is 11.1 Å². The largest absolute Gasteiger partial charge is 0.494 e. The van der Waals surface area contributed by atoms with E-state index in [2.05, 4.69) is 9.88 Å². The summed E-state index contributed by atoms with van der Waals surface area (Å²) < 4.78 is 32.8. The number of aromatic nitrogens is 1. The molecule has 0 aliphatic carbocycles. The van der Waals surface area contributed by atoms with Crippen molar-refractivity contribution in [2.24, 2.45) is 0 Å². The summed E-state index contributed by atoms with van der Waals surface area (Å²) in [7, 11) is -3.66. The lowest BCUT2D eigenvalue weighted by Gasteiger charge is -2.25. The SMILES string of the molecule is CCOc1ccc2[nH+]cc(S(=O)(=O)c3ccccc3)c(N3CCCCCC3)c2c1. The van der Waals surface area contributed by atoms with Crippen LogP contribution in [0.1, 0.15) is 32.6 Å². The molecule has 5 nitrogen and oxygen atoms in total. The first kappa shape index (κ1) is 19.7. The molecule has 0 radical (unpaired) electrons. The molecule has 0 spiro atoms. The Morgan fingerprint density at radius 2 is 1.72 bits per heavy atom. The summed E-state index contributed by atoms with van der Waals surface area (Å²) in [5, 5.41) is 0.884. The summed E-state index contributed by atoms with van der Waals surface area (Å²) in [5.41, 5.74) is 1.69. The molecule has 0 bridgehead atoms. The first-order valence-corrected chi connectivity index (χ1v) is 11.8. The third-order valence-electron chi connectivity index (χ3n) is 5.41. The van der Waals surface area contributed by atoms with Gasteiger partial charge in [-0.15, -0.1) is 0 Å². The first-order valence-electron chi connectivity index (χ1n) is 10.3. The van der Waals surface area contributed by atoms with Crippen molar-refractivity contribution in [1.29, 1.82) is 0 Å². The molecule has 2 heterocycles. The van der Waals surface area contributed by atoms with Gasteiger partial charge in [0.2, 0.25) is 15.4 Å². The van der Waals surface area contributed by atoms with Crippen LogP contribution in [0.25, 0.3) is 10.9 Å². The van der Waals surface area contributed by atoms with Gasteiger partial charge in [-0.2, -0.15) is 0 Å². The van der Waals surface area contributed by atoms with Crippen LogP contribution in [0.4, 0.5) is 5.69 Å². The van der Waals surface area contributed by atoms with Gasteiger partial charge in [0, 0.05) is 19.2 Å². The van der Waals surface area contributed by atoms with Gasteiger partial charge in [-0.25, -0.2) is 13.4 Å². The summed E-state index contributed by atoms with van der Waals surface area (Å²) in [4.78, 5) is 6.08. The zero-order valence-electron chi connectivity index (χ0n) is 16.7. The van der Waals surface area contributed by atoms with E-state index in [-0.39, 0.29) is 0 Å². The Bertz CT molecular complexity index is 1090. The molecule has 2 aromatic carbocycles. The van der Waals surface area contributed by atoms with Crippen LogP contribution in [-0.2, 0) is 9.84 Å². The van der Waals surface area contributed by atoms with Crippen LogP contribution in [0.3, 0.4) is 0 Å². The average Bonchev–Trinajstić information content (AvgIpc) is 3.03. The fourth-order valence-corrected chi connectivity index (χ4v) is 5.47. The number of anilines is 1. The Kier molecular flexibility index (Phi) is 5.72. The first-order chi connectivity index (χ1) is 14.1. The minimum absolute atomic E-state index is 0.310. The van der Waals surface area contributed by atoms with E-state index in [0.29, 0.717) is 16.4 Å². The molecule has 4 rings (SSSR count). The Morgan fingerprint density at radius 3 is 2.41 bits per heavy atom. The van der Waals surface area contributed by atoms with Crippen LogP contribution in [0.2, 0.25) is 0 Å². The number of hydrogen-bond acceptors (Lipinski definition) is 4. The van der Waals surface area contributed by atoms with Gasteiger partial charge in [0.25, 0.3) is 0 Å². The summed E-state index contributed by atoms with van der Waals surface area (Å²) in [5.74, 6) is 0.749. The standard InChI is InChI=1S/C23H26N2O3S/c1-2-28-18-12-13-21-20(16-18)23(25-14-8-3-4-9-15-25)22(17-24-21)29(26,27)19-10-6-5-7-11-19/h5-7,10-13,16-17H,2-4,8-9,14-15H2,1H3/p+1. The number of pyridine rings is 1. The van der Waals surface area contributed by atoms with Crippen LogP contribution in [-0.4, -0.2) is 28.1 Å². The van der Waals surface area contributed by atoms with Gasteiger partial charge in [-0.1, -0.05) is 31.0 Å². The highest BCUT2D eigenvalue weighted by Crippen LogP contribution is 2.37. The second kappa shape index (κ2) is 8.41. The van der Waals surface area contributed by atoms with Gasteiger partial charge >= 0.3 is 0 Å². The second-order valence-corrected chi connectivity index (χ2v) is 9.28. The van der Waals surface area contributed by atoms with E-state index in [1.807, 2.05) is 31.2 Å². The highest BCUT2D eigenvalue weighted by Gasteiger charge is 2.29. The molecule has 152 valence electrons. The van der Waals surface area contributed by atoms with Crippen LogP contribution in [0.15, 0.2) is 64.5 Å². The molecule has 0 atom stereocenters. The zero-order chi connectivity index (χ0) is 20.3. The fraction of sp³-hybridized carbons (Fsp3) is 0.348. The molecule has 0 unspecified atom stereocenters. The number of nitrogens with zero attached hydrogens (tertiary/aromatic N) is 1. The smallest absolute Gasteiger partial charge is 0.214 e. The Labute approximate surface area is 172 Å². The predicted octanol–water partition coefficient (Wildman–Crippen LogP) is 4.27. The Morgan fingerprint density at radius 1 is 1.00 bits per heavy atom. The number of fused-ring (bicyclic) bond motifs is 1. The van der Waals surface area contributed by atoms with Crippen molar-refractivity contribution in [3.05, 3.63) is 54.7 Å². The lowest BCUT2D eigenvalue weighted by atomic mass is 10.1. The number of sulfone groups is 1. The quantitative estimate of drug-likeness (QED) is 0.629. The van der Waals surface area contributed by atoms with Crippen molar-refractivity contribution < 1.29 is 18.1 Å². The molecule has 1 aromatic heterocycles. The number of nitrogens with one attached hydrogen (secondary N) is 1. The lowest BCUT2D eigenvalue weighted by molar-refractivity contribution is -0.347. The van der Waals surface area contributed by atoms with Gasteiger partial charge in [0.05, 0.1) is 22.6 Å². The Balaban J connectivity index is 1.97. The molecule has 1 aliphatic heterocycles. The molecule has 3 aromatic rings. The topological polar surface area (TPSA) is 60.8 Å². The molecule has 1 fully saturated rings. The number of aromatic amines is 1. The predicted molar refractivity (Wildman–Crippen MR) is 114 cm³/mol. The third kappa shape index (κ3) is 3.94. The summed E-state index contributed by atoms with van der Waals surface area (Å²) in [6, 6.07) is 14.5. The van der Waals surface area contributed by atoms with Crippen molar-refractivity contribution in [3.63, 3.8) is 0 Å². The maximum absolute atomic E-state index is 13.6. The average molecular weight is 412 g/mol. The van der Waals surface area contributed by atoms with Crippen LogP contribution in [0.5, 0.6) is 5.75 Å². The highest BCUT2D eigenvalue weighted by molar-refractivity contribution is 7.91. The van der Waals surface area contributed by atoms with Crippen molar-refractivity contribution in [3.8, 4) is 5.75 Å². The Hall–Kier alpha value is -2.60. The van der Waals surface area contributed by atoms with Crippen molar-refractivity contribution in [2.45, 2.75) is 42.4 Å². The monoisotopic (exact) mass is 411 g/mol. The zero-order valence-corrected chi connectivity index (χ0v) is 17.5. The third-order valence-corrected chi connectivity index (χ3v) is 7.20. The van der Waals surface area contributed by atoms with Gasteiger partial charge < -0.3 is 9.64 Å². The normalized spacial score (nSPS) is 15.3. The molecule has 29 heavy (non-hydrogen) atoms. The summed E-state index contributed by atoms with van der Waals surface area (Å²) >= 11 is 0. The number of ether oxygens (including phenoxy) is 1. The molecular weight excluding hydrogens is 384 g/mol. The van der Waals surface area contributed by atoms with Crippen LogP contribution >= 0.6 is 0 Å². The second-order valence-electron chi connectivity index (χ2n) is 7.36. The number of benzene rings is 2. The lowest BCUT2D eigenvalue weighted by Crippen LogP contribution is -2.27. The van der Waals surface area contributed by atoms with Gasteiger partial charge in [0.1, 0.15) is 5.75 Å². The van der Waals surface area contributed by atoms with Crippen molar-refractivity contribution >= 4 is 26.4 Å². The van der Waals surface area contributed by atoms with E-state index < -0.39 is 9.84 Å². The highest BCUT2D eigenvalue weighted by atomic mass is 32.2. The maximum atomic E-state index is 13.6. The van der Waals surface area contributed by atoms with E-state index in [1.54, 1.807) is 30.5 Å². The molecule has 0 amide bonds. The van der Waals surface area contributed by atoms with Gasteiger partial charge in [-0.3, -0.25) is 0 Å². The van der Waals surface area contributed by atoms with E-state index in [4.69, 9.17) is 4.74 Å². The van der Waals surface area contributed by atoms with E-state index in [1.165, 1.54) is 12.8 Å². The van der Waals surface area contributed by atoms with E-state index in [9.17, 15) is 8.42 Å². The van der Waals surface area contributed by atoms with Crippen molar-refractivity contribution in [2.75, 3.05) is 24.6 Å². The maximum Gasteiger partial charge on any atom is 0.214 e. The fourth-order valence-electron chi connectivity index (χ4n) is 4.00. The molecule has 1 aliphatic rings. The number of H-pyrrole nitrogens is 1. The summed E-state index contributed by atoms with van der Waals surface area (Å²) in [6.07, 6.45) is 6.13. The van der Waals surface area contributed by atoms with Crippen LogP contribution in [0, 0.1) is 0 Å².